The van der Waals surface area contributed by atoms with E-state index in [4.69, 9.17) is 4.74 Å². The van der Waals surface area contributed by atoms with E-state index in [9.17, 15) is 19.5 Å². The van der Waals surface area contributed by atoms with Crippen LogP contribution in [0, 0.1) is 5.92 Å². The topological polar surface area (TPSA) is 95.9 Å². The summed E-state index contributed by atoms with van der Waals surface area (Å²) in [6, 6.07) is 15.2. The van der Waals surface area contributed by atoms with Gasteiger partial charge < -0.3 is 20.1 Å². The number of thioether (sulfide) groups is 1. The molecule has 1 saturated heterocycles. The molecule has 2 unspecified atom stereocenters. The fourth-order valence-electron chi connectivity index (χ4n) is 5.75. The smallest absolute Gasteiger partial charge is 0.407 e. The summed E-state index contributed by atoms with van der Waals surface area (Å²) >= 11 is 1.47. The van der Waals surface area contributed by atoms with Crippen LogP contribution in [0.5, 0.6) is 0 Å². The highest BCUT2D eigenvalue weighted by Gasteiger charge is 2.44. The normalized spacial score (nSPS) is 25.6. The zero-order valence-corrected chi connectivity index (χ0v) is 20.5. The number of carboxylic acid groups (broad SMARTS) is 1. The van der Waals surface area contributed by atoms with Crippen molar-refractivity contribution in [1.82, 2.24) is 10.2 Å². The molecule has 1 aliphatic heterocycles. The van der Waals surface area contributed by atoms with E-state index in [1.165, 1.54) is 27.8 Å². The third-order valence-electron chi connectivity index (χ3n) is 7.49. The fourth-order valence-corrected chi connectivity index (χ4v) is 6.93. The number of nitrogens with one attached hydrogen (secondary N) is 1. The van der Waals surface area contributed by atoms with Gasteiger partial charge in [-0.2, -0.15) is 0 Å². The van der Waals surface area contributed by atoms with Gasteiger partial charge in [0.15, 0.2) is 0 Å². The van der Waals surface area contributed by atoms with E-state index in [1.54, 1.807) is 0 Å². The summed E-state index contributed by atoms with van der Waals surface area (Å²) in [5.41, 5.74) is 4.63. The molecule has 7 nitrogen and oxygen atoms in total. The molecule has 2 fully saturated rings. The number of nitrogens with zero attached hydrogens (tertiary/aromatic N) is 1. The Bertz CT molecular complexity index is 1090. The molecule has 0 radical (unpaired) electrons. The minimum atomic E-state index is -0.980. The van der Waals surface area contributed by atoms with Crippen molar-refractivity contribution in [3.05, 3.63) is 59.7 Å². The van der Waals surface area contributed by atoms with Crippen LogP contribution >= 0.6 is 11.8 Å². The lowest BCUT2D eigenvalue weighted by molar-refractivity contribution is -0.151. The van der Waals surface area contributed by atoms with Gasteiger partial charge in [0.25, 0.3) is 0 Å². The number of benzene rings is 2. The number of ether oxygens (including phenoxy) is 1. The summed E-state index contributed by atoms with van der Waals surface area (Å²) in [5, 5.41) is 12.3. The molecule has 0 bridgehead atoms. The standard InChI is InChI=1S/C27H30N2O5S/c1-16-29(24(15-35-16)26(31)32)25(30)21-12-6-7-13-23(21)28-27(33)34-14-22-19-10-4-2-8-17(19)18-9-3-5-11-20(18)22/h2-5,8-11,16,21-24H,6-7,12-15H2,1H3,(H,28,33)(H,31,32)/t16?,21-,23+,24?/m1/s1. The van der Waals surface area contributed by atoms with Gasteiger partial charge in [-0.3, -0.25) is 4.79 Å². The maximum absolute atomic E-state index is 13.4. The summed E-state index contributed by atoms with van der Waals surface area (Å²) in [4.78, 5) is 39.5. The Balaban J connectivity index is 1.26. The highest BCUT2D eigenvalue weighted by Crippen LogP contribution is 2.44. The fraction of sp³-hybridized carbons (Fsp3) is 0.444. The van der Waals surface area contributed by atoms with Crippen molar-refractivity contribution < 1.29 is 24.2 Å². The van der Waals surface area contributed by atoms with E-state index >= 15 is 0 Å². The quantitative estimate of drug-likeness (QED) is 0.637. The SMILES string of the molecule is CC1SCC(C(=O)O)N1C(=O)[C@@H]1CCCC[C@@H]1NC(=O)OCC1c2ccccc2-c2ccccc21. The average molecular weight is 495 g/mol. The summed E-state index contributed by atoms with van der Waals surface area (Å²) in [6.45, 7) is 2.08. The van der Waals surface area contributed by atoms with Crippen LogP contribution in [0.4, 0.5) is 4.79 Å². The number of hydrogen-bond acceptors (Lipinski definition) is 5. The molecular weight excluding hydrogens is 464 g/mol. The molecule has 5 rings (SSSR count). The first-order valence-corrected chi connectivity index (χ1v) is 13.3. The maximum Gasteiger partial charge on any atom is 0.407 e. The van der Waals surface area contributed by atoms with Crippen LogP contribution in [-0.2, 0) is 14.3 Å². The van der Waals surface area contributed by atoms with E-state index in [-0.39, 0.29) is 29.8 Å². The number of rotatable bonds is 5. The molecule has 2 N–H and O–H groups in total. The second-order valence-corrected chi connectivity index (χ2v) is 10.8. The number of hydrogen-bond donors (Lipinski definition) is 2. The lowest BCUT2D eigenvalue weighted by Crippen LogP contribution is -2.53. The molecule has 3 aliphatic rings. The van der Waals surface area contributed by atoms with Gasteiger partial charge in [0.1, 0.15) is 12.6 Å². The number of aliphatic carboxylic acids is 1. The number of carboxylic acids is 1. The van der Waals surface area contributed by atoms with E-state index < -0.39 is 24.0 Å². The molecule has 2 aromatic rings. The predicted octanol–water partition coefficient (Wildman–Crippen LogP) is 4.46. The first-order chi connectivity index (χ1) is 17.0. The number of carbonyl (C=O) groups excluding carboxylic acids is 2. The van der Waals surface area contributed by atoms with Gasteiger partial charge in [-0.05, 0) is 42.0 Å². The molecule has 2 amide bonds. The van der Waals surface area contributed by atoms with Crippen LogP contribution in [0.25, 0.3) is 11.1 Å². The van der Waals surface area contributed by atoms with Crippen LogP contribution < -0.4 is 5.32 Å². The Kier molecular flexibility index (Phi) is 6.73. The molecular formula is C27H30N2O5S. The van der Waals surface area contributed by atoms with Gasteiger partial charge in [-0.15, -0.1) is 11.8 Å². The van der Waals surface area contributed by atoms with Gasteiger partial charge in [-0.1, -0.05) is 61.4 Å². The van der Waals surface area contributed by atoms with Crippen molar-refractivity contribution in [2.45, 2.75) is 56.0 Å². The lowest BCUT2D eigenvalue weighted by Gasteiger charge is -2.36. The molecule has 4 atom stereocenters. The minimum Gasteiger partial charge on any atom is -0.480 e. The van der Waals surface area contributed by atoms with Gasteiger partial charge >= 0.3 is 12.1 Å². The van der Waals surface area contributed by atoms with Crippen LogP contribution in [-0.4, -0.2) is 57.8 Å². The van der Waals surface area contributed by atoms with Crippen molar-refractivity contribution in [3.63, 3.8) is 0 Å². The van der Waals surface area contributed by atoms with E-state index in [0.717, 1.165) is 24.0 Å². The average Bonchev–Trinajstić information content (AvgIpc) is 3.41. The van der Waals surface area contributed by atoms with Crippen molar-refractivity contribution in [2.24, 2.45) is 5.92 Å². The molecule has 0 aromatic heterocycles. The third kappa shape index (κ3) is 4.51. The maximum atomic E-state index is 13.4. The zero-order chi connectivity index (χ0) is 24.5. The Morgan fingerprint density at radius 1 is 1.03 bits per heavy atom. The second-order valence-electron chi connectivity index (χ2n) is 9.50. The van der Waals surface area contributed by atoms with Crippen LogP contribution in [0.1, 0.15) is 49.7 Å². The van der Waals surface area contributed by atoms with Crippen LogP contribution in [0.2, 0.25) is 0 Å². The first-order valence-electron chi connectivity index (χ1n) is 12.2. The molecule has 2 aliphatic carbocycles. The van der Waals surface area contributed by atoms with Crippen molar-refractivity contribution >= 4 is 29.7 Å². The Morgan fingerprint density at radius 2 is 1.66 bits per heavy atom. The minimum absolute atomic E-state index is 0.0317. The molecule has 184 valence electrons. The second kappa shape index (κ2) is 9.93. The highest BCUT2D eigenvalue weighted by molar-refractivity contribution is 8.00. The van der Waals surface area contributed by atoms with Gasteiger partial charge in [0.2, 0.25) is 5.91 Å². The summed E-state index contributed by atoms with van der Waals surface area (Å²) in [6.07, 6.45) is 2.56. The predicted molar refractivity (Wildman–Crippen MR) is 134 cm³/mol. The Morgan fingerprint density at radius 3 is 2.31 bits per heavy atom. The molecule has 1 saturated carbocycles. The molecule has 0 spiro atoms. The van der Waals surface area contributed by atoms with E-state index in [1.807, 2.05) is 31.2 Å². The monoisotopic (exact) mass is 494 g/mol. The number of carbonyl (C=O) groups is 3. The summed E-state index contributed by atoms with van der Waals surface area (Å²) in [7, 11) is 0. The number of alkyl carbamates (subject to hydrolysis) is 1. The largest absolute Gasteiger partial charge is 0.480 e. The molecule has 8 heteroatoms. The van der Waals surface area contributed by atoms with Crippen LogP contribution in [0.15, 0.2) is 48.5 Å². The van der Waals surface area contributed by atoms with Gasteiger partial charge in [0, 0.05) is 17.7 Å². The van der Waals surface area contributed by atoms with Crippen molar-refractivity contribution in [3.8, 4) is 11.1 Å². The van der Waals surface area contributed by atoms with Crippen LogP contribution in [0.3, 0.4) is 0 Å². The van der Waals surface area contributed by atoms with Crippen molar-refractivity contribution in [2.75, 3.05) is 12.4 Å². The highest BCUT2D eigenvalue weighted by atomic mass is 32.2. The van der Waals surface area contributed by atoms with Gasteiger partial charge in [0.05, 0.1) is 11.3 Å². The molecule has 35 heavy (non-hydrogen) atoms. The lowest BCUT2D eigenvalue weighted by atomic mass is 9.83. The molecule has 1 heterocycles. The number of fused-ring (bicyclic) bond motifs is 3. The summed E-state index contributed by atoms with van der Waals surface area (Å²) in [5.74, 6) is -1.24. The van der Waals surface area contributed by atoms with E-state index in [2.05, 4.69) is 29.6 Å². The Labute approximate surface area is 209 Å². The molecule has 2 aromatic carbocycles. The van der Waals surface area contributed by atoms with Crippen molar-refractivity contribution in [1.29, 1.82) is 0 Å². The third-order valence-corrected chi connectivity index (χ3v) is 8.71. The Hall–Kier alpha value is -3.00. The van der Waals surface area contributed by atoms with Gasteiger partial charge in [-0.25, -0.2) is 9.59 Å². The number of amides is 2. The zero-order valence-electron chi connectivity index (χ0n) is 19.7. The first kappa shape index (κ1) is 23.7. The summed E-state index contributed by atoms with van der Waals surface area (Å²) < 4.78 is 5.70. The van der Waals surface area contributed by atoms with E-state index in [0.29, 0.717) is 18.6 Å².